The zero-order chi connectivity index (χ0) is 25.2. The first-order chi connectivity index (χ1) is 16.5. The average molecular weight is 592 g/mol. The number of hydrogen-bond acceptors (Lipinski definition) is 1. The molecule has 0 fully saturated rings. The molecule has 1 aliphatic rings. The normalized spacial score (nSPS) is 13.1. The van der Waals surface area contributed by atoms with Crippen molar-refractivity contribution in [2.45, 2.75) is 53.4 Å². The van der Waals surface area contributed by atoms with Gasteiger partial charge in [0.15, 0.2) is 0 Å². The maximum Gasteiger partial charge on any atom is -0.147 e. The molecule has 1 aliphatic carbocycles. The van der Waals surface area contributed by atoms with Crippen LogP contribution in [0, 0.1) is 5.41 Å². The van der Waals surface area contributed by atoms with Crippen molar-refractivity contribution >= 4 is 40.2 Å². The molecule has 0 N–H and O–H groups in total. The number of benzene rings is 3. The van der Waals surface area contributed by atoms with Gasteiger partial charge >= 0.3 is 223 Å². The van der Waals surface area contributed by atoms with Crippen LogP contribution in [0.25, 0.3) is 0 Å². The summed E-state index contributed by atoms with van der Waals surface area (Å²) in [5.74, 6) is 0.870. The summed E-state index contributed by atoms with van der Waals surface area (Å²) < 4.78 is 9.97. The van der Waals surface area contributed by atoms with Crippen molar-refractivity contribution in [1.29, 1.82) is 0 Å². The average Bonchev–Trinajstić information content (AvgIpc) is 3.30. The molecule has 0 saturated carbocycles. The van der Waals surface area contributed by atoms with E-state index in [4.69, 9.17) is 14.9 Å². The summed E-state index contributed by atoms with van der Waals surface area (Å²) in [6.07, 6.45) is 5.56. The van der Waals surface area contributed by atoms with Crippen molar-refractivity contribution in [2.75, 3.05) is 0 Å². The van der Waals surface area contributed by atoms with Gasteiger partial charge in [-0.2, -0.15) is 0 Å². The van der Waals surface area contributed by atoms with Gasteiger partial charge in [-0.1, -0.05) is 0 Å². The molecule has 0 spiro atoms. The molecule has 5 heteroatoms. The van der Waals surface area contributed by atoms with Crippen LogP contribution in [0.15, 0.2) is 100 Å². The van der Waals surface area contributed by atoms with Crippen molar-refractivity contribution < 1.29 is 21.1 Å². The van der Waals surface area contributed by atoms with Crippen LogP contribution in [0.1, 0.15) is 64.7 Å². The first-order valence-corrected chi connectivity index (χ1v) is 14.9. The van der Waals surface area contributed by atoms with Gasteiger partial charge in [0, 0.05) is 0 Å². The van der Waals surface area contributed by atoms with Crippen LogP contribution in [0.2, 0.25) is 5.02 Å². The quantitative estimate of drug-likeness (QED) is 0.268. The largest absolute Gasteiger partial charge is 0.147 e. The van der Waals surface area contributed by atoms with E-state index in [1.54, 1.807) is 0 Å². The van der Waals surface area contributed by atoms with Crippen LogP contribution in [0.5, 0.6) is 5.75 Å². The van der Waals surface area contributed by atoms with Crippen LogP contribution < -0.4 is 3.32 Å². The SMILES string of the molecule is CC(C)(C)C1=[C]([Ti]([O]c2cc(Cl)cc(C(C)(C)C)c2)=[C](c2ccccc2)c2ccccc2)CC=C1.Cl.Cl. The molecule has 0 unspecified atom stereocenters. The van der Waals surface area contributed by atoms with E-state index in [0.717, 1.165) is 17.2 Å². The Balaban J connectivity index is 0.00000241. The molecular weight excluding hydrogens is 555 g/mol. The van der Waals surface area contributed by atoms with Gasteiger partial charge in [-0.15, -0.1) is 24.8 Å². The van der Waals surface area contributed by atoms with Gasteiger partial charge in [0.05, 0.1) is 0 Å². The minimum absolute atomic E-state index is 0. The molecule has 0 heterocycles. The van der Waals surface area contributed by atoms with Crippen molar-refractivity contribution in [3.63, 3.8) is 0 Å². The van der Waals surface area contributed by atoms with Gasteiger partial charge < -0.3 is 0 Å². The molecule has 3 aromatic rings. The predicted molar refractivity (Wildman–Crippen MR) is 162 cm³/mol. The van der Waals surface area contributed by atoms with Crippen LogP contribution in [0.3, 0.4) is 0 Å². The summed E-state index contributed by atoms with van der Waals surface area (Å²) in [4.78, 5) is 0. The molecular formula is C32H37Cl3OTi. The van der Waals surface area contributed by atoms with E-state index < -0.39 is 17.8 Å². The number of allylic oxidation sites excluding steroid dienone is 4. The maximum atomic E-state index is 7.16. The van der Waals surface area contributed by atoms with Gasteiger partial charge in [0.25, 0.3) is 0 Å². The van der Waals surface area contributed by atoms with E-state index in [1.165, 1.54) is 30.0 Å². The molecule has 3 aromatic carbocycles. The fourth-order valence-corrected chi connectivity index (χ4v) is 9.01. The molecule has 0 radical (unpaired) electrons. The Hall–Kier alpha value is -1.61. The van der Waals surface area contributed by atoms with Crippen LogP contribution >= 0.6 is 36.4 Å². The second-order valence-electron chi connectivity index (χ2n) is 11.2. The minimum Gasteiger partial charge on any atom is -0.147 e. The summed E-state index contributed by atoms with van der Waals surface area (Å²) in [7, 11) is 0. The molecule has 196 valence electrons. The monoisotopic (exact) mass is 590 g/mol. The summed E-state index contributed by atoms with van der Waals surface area (Å²) in [5, 5.41) is 0.723. The molecule has 0 atom stereocenters. The van der Waals surface area contributed by atoms with Crippen molar-refractivity contribution in [3.8, 4) is 5.75 Å². The van der Waals surface area contributed by atoms with Crippen LogP contribution in [0.4, 0.5) is 0 Å². The first kappa shape index (κ1) is 31.6. The van der Waals surface area contributed by atoms with Crippen LogP contribution in [-0.2, 0) is 23.2 Å². The summed E-state index contributed by atoms with van der Waals surface area (Å²) in [6, 6.07) is 27.8. The summed E-state index contributed by atoms with van der Waals surface area (Å²) >= 11 is 4.08. The Labute approximate surface area is 246 Å². The van der Waals surface area contributed by atoms with E-state index in [1.807, 2.05) is 6.07 Å². The van der Waals surface area contributed by atoms with Crippen molar-refractivity contribution in [2.24, 2.45) is 5.41 Å². The third-order valence-corrected chi connectivity index (χ3v) is 10.4. The van der Waals surface area contributed by atoms with Gasteiger partial charge in [-0.05, 0) is 0 Å². The fourth-order valence-electron chi connectivity index (χ4n) is 4.50. The fraction of sp³-hybridized carbons (Fsp3) is 0.281. The number of rotatable bonds is 5. The third-order valence-electron chi connectivity index (χ3n) is 6.32. The number of hydrogen-bond donors (Lipinski definition) is 0. The topological polar surface area (TPSA) is 9.23 Å². The Morgan fingerprint density at radius 2 is 1.30 bits per heavy atom. The molecule has 0 aromatic heterocycles. The Morgan fingerprint density at radius 1 is 0.757 bits per heavy atom. The molecule has 37 heavy (non-hydrogen) atoms. The molecule has 0 saturated heterocycles. The first-order valence-electron chi connectivity index (χ1n) is 12.3. The molecule has 0 amide bonds. The van der Waals surface area contributed by atoms with Crippen molar-refractivity contribution in [1.82, 2.24) is 0 Å². The van der Waals surface area contributed by atoms with E-state index >= 15 is 0 Å². The van der Waals surface area contributed by atoms with E-state index in [-0.39, 0.29) is 35.6 Å². The second-order valence-corrected chi connectivity index (χ2v) is 14.7. The van der Waals surface area contributed by atoms with Gasteiger partial charge in [-0.3, -0.25) is 0 Å². The standard InChI is InChI=1S/C13H10.C10H13ClO.C9H13.2ClH.Ti/c1-3-7-12(8-4-1)11-13-9-5-2-6-10-13;1-10(2,3)7-4-8(11)6-9(12)5-7;1-9(2,3)8-6-4-5-7-8;;;/h1-10H;4-6,12H,1-3H3;4,6H,5H2,1-3H3;2*1H;/q;;;;;+1/p-1. The minimum atomic E-state index is -2.54. The van der Waals surface area contributed by atoms with E-state index in [0.29, 0.717) is 0 Å². The van der Waals surface area contributed by atoms with Crippen molar-refractivity contribution in [3.05, 3.63) is 122 Å². The van der Waals surface area contributed by atoms with Gasteiger partial charge in [0.1, 0.15) is 0 Å². The zero-order valence-electron chi connectivity index (χ0n) is 22.5. The molecule has 4 rings (SSSR count). The second kappa shape index (κ2) is 13.0. The molecule has 0 aliphatic heterocycles. The van der Waals surface area contributed by atoms with Crippen LogP contribution in [-0.4, -0.2) is 3.81 Å². The maximum absolute atomic E-state index is 7.16. The Kier molecular flexibility index (Phi) is 11.1. The zero-order valence-corrected chi connectivity index (χ0v) is 26.4. The van der Waals surface area contributed by atoms with Gasteiger partial charge in [-0.25, -0.2) is 0 Å². The third kappa shape index (κ3) is 7.72. The number of halogens is 3. The Bertz CT molecular complexity index is 1250. The predicted octanol–water partition coefficient (Wildman–Crippen LogP) is 9.92. The van der Waals surface area contributed by atoms with E-state index in [2.05, 4.69) is 126 Å². The smallest absolute Gasteiger partial charge is 0.147 e. The molecule has 1 nitrogen and oxygen atoms in total. The Morgan fingerprint density at radius 3 is 1.78 bits per heavy atom. The summed E-state index contributed by atoms with van der Waals surface area (Å²) in [5.41, 5.74) is 5.11. The summed E-state index contributed by atoms with van der Waals surface area (Å²) in [6.45, 7) is 13.5. The van der Waals surface area contributed by atoms with Gasteiger partial charge in [0.2, 0.25) is 0 Å². The van der Waals surface area contributed by atoms with E-state index in [9.17, 15) is 0 Å². The molecule has 0 bridgehead atoms.